The molecular formula is C9H11NO2S. The van der Waals surface area contributed by atoms with E-state index in [0.717, 1.165) is 5.56 Å². The summed E-state index contributed by atoms with van der Waals surface area (Å²) in [4.78, 5) is 0.289. The van der Waals surface area contributed by atoms with Crippen LogP contribution < -0.4 is 5.73 Å². The van der Waals surface area contributed by atoms with Gasteiger partial charge in [-0.2, -0.15) is 0 Å². The Hall–Kier alpha value is -1.29. The molecule has 0 radical (unpaired) electrons. The summed E-state index contributed by atoms with van der Waals surface area (Å²) < 4.78 is 22.1. The minimum Gasteiger partial charge on any atom is -0.399 e. The third-order valence-corrected chi connectivity index (χ3v) is 2.78. The lowest BCUT2D eigenvalue weighted by molar-refractivity contribution is 0.602. The molecule has 0 fully saturated rings. The lowest BCUT2D eigenvalue weighted by Gasteiger charge is -2.01. The fourth-order valence-corrected chi connectivity index (χ4v) is 1.55. The summed E-state index contributed by atoms with van der Waals surface area (Å²) in [5.41, 5.74) is 6.60. The quantitative estimate of drug-likeness (QED) is 0.770. The Bertz CT molecular complexity index is 417. The maximum absolute atomic E-state index is 11.1. The highest BCUT2D eigenvalue weighted by atomic mass is 32.2. The van der Waals surface area contributed by atoms with Gasteiger partial charge in [0.05, 0.1) is 4.90 Å². The Kier molecular flexibility index (Phi) is 2.43. The Morgan fingerprint density at radius 2 is 1.77 bits per heavy atom. The van der Waals surface area contributed by atoms with Crippen molar-refractivity contribution in [2.45, 2.75) is 4.90 Å². The van der Waals surface area contributed by atoms with Crippen LogP contribution >= 0.6 is 0 Å². The van der Waals surface area contributed by atoms with Gasteiger partial charge in [0.25, 0.3) is 0 Å². The van der Waals surface area contributed by atoms with Crippen LogP contribution in [0.3, 0.4) is 0 Å². The molecule has 0 amide bonds. The van der Waals surface area contributed by atoms with Crippen LogP contribution in [0.4, 0.5) is 0 Å². The molecule has 0 aliphatic heterocycles. The van der Waals surface area contributed by atoms with E-state index in [2.05, 4.69) is 6.58 Å². The number of hydrogen-bond acceptors (Lipinski definition) is 3. The molecule has 70 valence electrons. The minimum atomic E-state index is -3.12. The van der Waals surface area contributed by atoms with Crippen LogP contribution in [0.15, 0.2) is 35.7 Å². The SMILES string of the molecule is C=C(N)c1ccc(S(C)(=O)=O)cc1. The predicted molar refractivity (Wildman–Crippen MR) is 52.8 cm³/mol. The average Bonchev–Trinajstić information content (AvgIpc) is 2.03. The largest absolute Gasteiger partial charge is 0.399 e. The number of hydrogen-bond donors (Lipinski definition) is 1. The van der Waals surface area contributed by atoms with Crippen molar-refractivity contribution >= 4 is 15.5 Å². The molecule has 0 spiro atoms. The van der Waals surface area contributed by atoms with Gasteiger partial charge in [-0.25, -0.2) is 8.42 Å². The third kappa shape index (κ3) is 2.32. The predicted octanol–water partition coefficient (Wildman–Crippen LogP) is 1.02. The molecule has 1 aromatic rings. The molecule has 0 unspecified atom stereocenters. The van der Waals surface area contributed by atoms with Crippen molar-refractivity contribution in [1.82, 2.24) is 0 Å². The van der Waals surface area contributed by atoms with Gasteiger partial charge in [0.1, 0.15) is 0 Å². The fourth-order valence-electron chi connectivity index (χ4n) is 0.916. The molecule has 0 heterocycles. The topological polar surface area (TPSA) is 60.2 Å². The third-order valence-electron chi connectivity index (χ3n) is 1.65. The highest BCUT2D eigenvalue weighted by Gasteiger charge is 2.05. The van der Waals surface area contributed by atoms with Crippen molar-refractivity contribution in [3.05, 3.63) is 36.4 Å². The number of nitrogens with two attached hydrogens (primary N) is 1. The molecule has 4 heteroatoms. The highest BCUT2D eigenvalue weighted by molar-refractivity contribution is 7.90. The maximum Gasteiger partial charge on any atom is 0.175 e. The summed E-state index contributed by atoms with van der Waals surface area (Å²) in [5, 5.41) is 0. The molecule has 0 aromatic heterocycles. The van der Waals surface area contributed by atoms with Crippen molar-refractivity contribution < 1.29 is 8.42 Å². The molecule has 1 aromatic carbocycles. The van der Waals surface area contributed by atoms with E-state index in [-0.39, 0.29) is 4.90 Å². The summed E-state index contributed by atoms with van der Waals surface area (Å²) >= 11 is 0. The van der Waals surface area contributed by atoms with E-state index in [1.165, 1.54) is 18.4 Å². The van der Waals surface area contributed by atoms with E-state index in [1.54, 1.807) is 12.1 Å². The molecule has 1 rings (SSSR count). The maximum atomic E-state index is 11.1. The smallest absolute Gasteiger partial charge is 0.175 e. The second-order valence-electron chi connectivity index (χ2n) is 2.82. The first-order valence-corrected chi connectivity index (χ1v) is 5.55. The molecule has 0 aliphatic carbocycles. The van der Waals surface area contributed by atoms with E-state index in [4.69, 9.17) is 5.73 Å². The van der Waals surface area contributed by atoms with Crippen LogP contribution in [0.25, 0.3) is 5.70 Å². The van der Waals surface area contributed by atoms with Gasteiger partial charge in [0.15, 0.2) is 9.84 Å². The van der Waals surface area contributed by atoms with E-state index < -0.39 is 9.84 Å². The zero-order valence-electron chi connectivity index (χ0n) is 7.32. The van der Waals surface area contributed by atoms with Gasteiger partial charge >= 0.3 is 0 Å². The summed E-state index contributed by atoms with van der Waals surface area (Å²) in [7, 11) is -3.12. The normalized spacial score (nSPS) is 11.2. The highest BCUT2D eigenvalue weighted by Crippen LogP contribution is 2.12. The monoisotopic (exact) mass is 197 g/mol. The van der Waals surface area contributed by atoms with Crippen molar-refractivity contribution in [3.8, 4) is 0 Å². The summed E-state index contributed by atoms with van der Waals surface area (Å²) in [6.07, 6.45) is 1.17. The van der Waals surface area contributed by atoms with Crippen LogP contribution in [-0.4, -0.2) is 14.7 Å². The Morgan fingerprint density at radius 3 is 2.08 bits per heavy atom. The standard InChI is InChI=1S/C9H11NO2S/c1-7(10)8-3-5-9(6-4-8)13(2,11)12/h3-6H,1,10H2,2H3. The zero-order chi connectivity index (χ0) is 10.1. The lowest BCUT2D eigenvalue weighted by Crippen LogP contribution is -1.98. The first-order valence-electron chi connectivity index (χ1n) is 3.66. The van der Waals surface area contributed by atoms with Crippen LogP contribution in [-0.2, 0) is 9.84 Å². The average molecular weight is 197 g/mol. The first kappa shape index (κ1) is 9.80. The molecule has 2 N–H and O–H groups in total. The van der Waals surface area contributed by atoms with Crippen LogP contribution in [0.5, 0.6) is 0 Å². The van der Waals surface area contributed by atoms with Crippen molar-refractivity contribution in [2.24, 2.45) is 5.73 Å². The van der Waals surface area contributed by atoms with Gasteiger partial charge in [0, 0.05) is 12.0 Å². The number of rotatable bonds is 2. The summed E-state index contributed by atoms with van der Waals surface area (Å²) in [6.45, 7) is 3.55. The molecule has 3 nitrogen and oxygen atoms in total. The molecule has 0 atom stereocenters. The molecule has 0 saturated heterocycles. The minimum absolute atomic E-state index is 0.289. The second kappa shape index (κ2) is 3.22. The van der Waals surface area contributed by atoms with Crippen LogP contribution in [0.2, 0.25) is 0 Å². The molecule has 0 saturated carbocycles. The Labute approximate surface area is 77.8 Å². The zero-order valence-corrected chi connectivity index (χ0v) is 8.14. The van der Waals surface area contributed by atoms with Crippen LogP contribution in [0.1, 0.15) is 5.56 Å². The van der Waals surface area contributed by atoms with Gasteiger partial charge in [-0.15, -0.1) is 0 Å². The first-order chi connectivity index (χ1) is 5.91. The Balaban J connectivity index is 3.16. The van der Waals surface area contributed by atoms with Crippen LogP contribution in [0, 0.1) is 0 Å². The van der Waals surface area contributed by atoms with Crippen molar-refractivity contribution in [1.29, 1.82) is 0 Å². The number of sulfone groups is 1. The Morgan fingerprint density at radius 1 is 1.31 bits per heavy atom. The summed E-state index contributed by atoms with van der Waals surface area (Å²) in [5.74, 6) is 0. The van der Waals surface area contributed by atoms with E-state index >= 15 is 0 Å². The van der Waals surface area contributed by atoms with Crippen molar-refractivity contribution in [2.75, 3.05) is 6.26 Å². The number of benzene rings is 1. The van der Waals surface area contributed by atoms with Gasteiger partial charge in [-0.05, 0) is 17.7 Å². The second-order valence-corrected chi connectivity index (χ2v) is 4.84. The lowest BCUT2D eigenvalue weighted by atomic mass is 10.2. The fraction of sp³-hybridized carbons (Fsp3) is 0.111. The van der Waals surface area contributed by atoms with Gasteiger partial charge in [-0.1, -0.05) is 18.7 Å². The van der Waals surface area contributed by atoms with Gasteiger partial charge in [-0.3, -0.25) is 0 Å². The van der Waals surface area contributed by atoms with E-state index in [1.807, 2.05) is 0 Å². The van der Waals surface area contributed by atoms with Crippen molar-refractivity contribution in [3.63, 3.8) is 0 Å². The molecule has 0 aliphatic rings. The van der Waals surface area contributed by atoms with Gasteiger partial charge < -0.3 is 5.73 Å². The molecule has 0 bridgehead atoms. The molecular weight excluding hydrogens is 186 g/mol. The molecule has 13 heavy (non-hydrogen) atoms. The van der Waals surface area contributed by atoms with E-state index in [0.29, 0.717) is 5.70 Å². The summed E-state index contributed by atoms with van der Waals surface area (Å²) in [6, 6.07) is 6.31. The van der Waals surface area contributed by atoms with Gasteiger partial charge in [0.2, 0.25) is 0 Å². The van der Waals surface area contributed by atoms with E-state index in [9.17, 15) is 8.42 Å².